The number of anilines is 1. The van der Waals surface area contributed by atoms with Crippen LogP contribution in [0, 0.1) is 11.8 Å². The molecule has 2 bridgehead atoms. The van der Waals surface area contributed by atoms with Gasteiger partial charge in [-0.1, -0.05) is 0 Å². The maximum atomic E-state index is 12.3. The first-order chi connectivity index (χ1) is 9.24. The summed E-state index contributed by atoms with van der Waals surface area (Å²) < 4.78 is 10.5. The quantitative estimate of drug-likeness (QED) is 0.720. The van der Waals surface area contributed by atoms with Gasteiger partial charge in [0.2, 0.25) is 18.6 Å². The Kier molecular flexibility index (Phi) is 2.13. The second-order valence-electron chi connectivity index (χ2n) is 5.26. The largest absolute Gasteiger partial charge is 0.454 e. The molecule has 19 heavy (non-hydrogen) atoms. The highest BCUT2D eigenvalue weighted by Crippen LogP contribution is 2.42. The molecule has 0 spiro atoms. The van der Waals surface area contributed by atoms with E-state index in [4.69, 9.17) is 9.47 Å². The number of piperidine rings is 1. The highest BCUT2D eigenvalue weighted by molar-refractivity contribution is 6.18. The Morgan fingerprint density at radius 2 is 1.68 bits per heavy atom. The first-order valence-corrected chi connectivity index (χ1v) is 6.51. The van der Waals surface area contributed by atoms with E-state index < -0.39 is 0 Å². The van der Waals surface area contributed by atoms with E-state index in [9.17, 15) is 9.59 Å². The normalized spacial score (nSPS) is 28.1. The maximum Gasteiger partial charge on any atom is 0.236 e. The molecule has 0 aromatic heterocycles. The minimum atomic E-state index is -0.0717. The van der Waals surface area contributed by atoms with Crippen LogP contribution in [0.3, 0.4) is 0 Å². The third kappa shape index (κ3) is 1.47. The van der Waals surface area contributed by atoms with E-state index in [0.717, 1.165) is 19.3 Å². The number of carbonyl (C=O) groups excluding carboxylic acids is 2. The van der Waals surface area contributed by atoms with Crippen LogP contribution in [0.25, 0.3) is 0 Å². The SMILES string of the molecule is O=C1[C@@H]2CC[C@@H](C2)C(=O)N1c1ccc2c(c1)OCO2. The molecular formula is C14H13NO4. The number of hydrogen-bond acceptors (Lipinski definition) is 4. The molecule has 2 heterocycles. The molecule has 2 aliphatic heterocycles. The molecule has 2 amide bonds. The van der Waals surface area contributed by atoms with Crippen molar-refractivity contribution in [3.8, 4) is 11.5 Å². The zero-order valence-corrected chi connectivity index (χ0v) is 10.3. The number of fused-ring (bicyclic) bond motifs is 3. The maximum absolute atomic E-state index is 12.3. The minimum absolute atomic E-state index is 0.00752. The predicted molar refractivity (Wildman–Crippen MR) is 65.9 cm³/mol. The molecule has 4 rings (SSSR count). The smallest absolute Gasteiger partial charge is 0.236 e. The second kappa shape index (κ2) is 3.73. The second-order valence-corrected chi connectivity index (χ2v) is 5.26. The highest BCUT2D eigenvalue weighted by Gasteiger charge is 2.46. The molecule has 0 N–H and O–H groups in total. The summed E-state index contributed by atoms with van der Waals surface area (Å²) in [6, 6.07) is 5.20. The van der Waals surface area contributed by atoms with Crippen LogP contribution in [-0.4, -0.2) is 18.6 Å². The van der Waals surface area contributed by atoms with Gasteiger partial charge < -0.3 is 9.47 Å². The Bertz CT molecular complexity index is 561. The fourth-order valence-corrected chi connectivity index (χ4v) is 3.18. The lowest BCUT2D eigenvalue weighted by Gasteiger charge is -2.29. The summed E-state index contributed by atoms with van der Waals surface area (Å²) in [6.07, 6.45) is 2.38. The summed E-state index contributed by atoms with van der Waals surface area (Å²) in [5.74, 6) is 1.12. The van der Waals surface area contributed by atoms with Gasteiger partial charge in [0.15, 0.2) is 11.5 Å². The lowest BCUT2D eigenvalue weighted by Crippen LogP contribution is -2.46. The Morgan fingerprint density at radius 3 is 2.42 bits per heavy atom. The molecule has 2 atom stereocenters. The molecule has 1 saturated heterocycles. The molecule has 2 fully saturated rings. The first kappa shape index (κ1) is 10.8. The third-order valence-electron chi connectivity index (χ3n) is 4.19. The van der Waals surface area contributed by atoms with Crippen molar-refractivity contribution >= 4 is 17.5 Å². The molecule has 98 valence electrons. The van der Waals surface area contributed by atoms with Gasteiger partial charge in [0.25, 0.3) is 0 Å². The number of benzene rings is 1. The van der Waals surface area contributed by atoms with E-state index in [1.165, 1.54) is 4.90 Å². The van der Waals surface area contributed by atoms with Crippen molar-refractivity contribution in [3.63, 3.8) is 0 Å². The lowest BCUT2D eigenvalue weighted by molar-refractivity contribution is -0.132. The third-order valence-corrected chi connectivity index (χ3v) is 4.19. The van der Waals surface area contributed by atoms with E-state index in [0.29, 0.717) is 17.2 Å². The summed E-state index contributed by atoms with van der Waals surface area (Å²) >= 11 is 0. The molecule has 3 aliphatic rings. The van der Waals surface area contributed by atoms with Crippen molar-refractivity contribution in [2.75, 3.05) is 11.7 Å². The van der Waals surface area contributed by atoms with Crippen molar-refractivity contribution in [1.29, 1.82) is 0 Å². The predicted octanol–water partition coefficient (Wildman–Crippen LogP) is 1.70. The Hall–Kier alpha value is -2.04. The van der Waals surface area contributed by atoms with E-state index >= 15 is 0 Å². The van der Waals surface area contributed by atoms with Gasteiger partial charge in [-0.3, -0.25) is 9.59 Å². The van der Waals surface area contributed by atoms with Crippen LogP contribution in [0.15, 0.2) is 18.2 Å². The molecule has 1 aliphatic carbocycles. The Balaban J connectivity index is 1.75. The van der Waals surface area contributed by atoms with Gasteiger partial charge in [-0.15, -0.1) is 0 Å². The van der Waals surface area contributed by atoms with Gasteiger partial charge in [-0.25, -0.2) is 4.90 Å². The topological polar surface area (TPSA) is 55.8 Å². The van der Waals surface area contributed by atoms with Crippen LogP contribution in [-0.2, 0) is 9.59 Å². The average Bonchev–Trinajstić information content (AvgIpc) is 3.04. The van der Waals surface area contributed by atoms with Crippen molar-refractivity contribution < 1.29 is 19.1 Å². The first-order valence-electron chi connectivity index (χ1n) is 6.51. The van der Waals surface area contributed by atoms with Gasteiger partial charge in [0, 0.05) is 17.9 Å². The van der Waals surface area contributed by atoms with Crippen LogP contribution in [0.2, 0.25) is 0 Å². The van der Waals surface area contributed by atoms with E-state index in [1.807, 2.05) is 0 Å². The number of amides is 2. The average molecular weight is 259 g/mol. The molecule has 0 unspecified atom stereocenters. The number of imide groups is 1. The molecule has 5 nitrogen and oxygen atoms in total. The standard InChI is InChI=1S/C14H13NO4/c16-13-8-1-2-9(5-8)14(17)15(13)10-3-4-11-12(6-10)19-7-18-11/h3-4,6,8-9H,1-2,5,7H2/t8-,9+. The zero-order chi connectivity index (χ0) is 13.0. The van der Waals surface area contributed by atoms with Crippen LogP contribution < -0.4 is 14.4 Å². The fourth-order valence-electron chi connectivity index (χ4n) is 3.18. The van der Waals surface area contributed by atoms with Gasteiger partial charge in [0.1, 0.15) is 0 Å². The van der Waals surface area contributed by atoms with Gasteiger partial charge >= 0.3 is 0 Å². The van der Waals surface area contributed by atoms with Gasteiger partial charge in [-0.05, 0) is 31.4 Å². The van der Waals surface area contributed by atoms with Crippen LogP contribution in [0.1, 0.15) is 19.3 Å². The number of carbonyl (C=O) groups is 2. The molecule has 1 aromatic carbocycles. The number of rotatable bonds is 1. The number of ether oxygens (including phenoxy) is 2. The number of hydrogen-bond donors (Lipinski definition) is 0. The lowest BCUT2D eigenvalue weighted by atomic mass is 9.96. The molecular weight excluding hydrogens is 246 g/mol. The molecule has 1 aromatic rings. The highest BCUT2D eigenvalue weighted by atomic mass is 16.7. The van der Waals surface area contributed by atoms with Crippen molar-refractivity contribution in [3.05, 3.63) is 18.2 Å². The summed E-state index contributed by atoms with van der Waals surface area (Å²) in [4.78, 5) is 26.0. The van der Waals surface area contributed by atoms with Crippen molar-refractivity contribution in [2.45, 2.75) is 19.3 Å². The monoisotopic (exact) mass is 259 g/mol. The summed E-state index contributed by atoms with van der Waals surface area (Å²) in [6.45, 7) is 0.186. The Morgan fingerprint density at radius 1 is 1.00 bits per heavy atom. The van der Waals surface area contributed by atoms with E-state index in [1.54, 1.807) is 18.2 Å². The van der Waals surface area contributed by atoms with Crippen molar-refractivity contribution in [1.82, 2.24) is 0 Å². The van der Waals surface area contributed by atoms with Crippen LogP contribution in [0.4, 0.5) is 5.69 Å². The zero-order valence-electron chi connectivity index (χ0n) is 10.3. The van der Waals surface area contributed by atoms with Gasteiger partial charge in [0.05, 0.1) is 5.69 Å². The van der Waals surface area contributed by atoms with Crippen LogP contribution in [0.5, 0.6) is 11.5 Å². The van der Waals surface area contributed by atoms with E-state index in [-0.39, 0.29) is 30.4 Å². The molecule has 1 saturated carbocycles. The molecule has 5 heteroatoms. The van der Waals surface area contributed by atoms with E-state index in [2.05, 4.69) is 0 Å². The Labute approximate surface area is 110 Å². The number of nitrogens with zero attached hydrogens (tertiary/aromatic N) is 1. The summed E-state index contributed by atoms with van der Waals surface area (Å²) in [5, 5.41) is 0. The summed E-state index contributed by atoms with van der Waals surface area (Å²) in [7, 11) is 0. The fraction of sp³-hybridized carbons (Fsp3) is 0.429. The van der Waals surface area contributed by atoms with Crippen LogP contribution >= 0.6 is 0 Å². The van der Waals surface area contributed by atoms with Crippen molar-refractivity contribution in [2.24, 2.45) is 11.8 Å². The summed E-state index contributed by atoms with van der Waals surface area (Å²) in [5.41, 5.74) is 0.593. The van der Waals surface area contributed by atoms with Gasteiger partial charge in [-0.2, -0.15) is 0 Å². The minimum Gasteiger partial charge on any atom is -0.454 e. The molecule has 0 radical (unpaired) electrons.